The average Bonchev–Trinajstić information content (AvgIpc) is 3.35. The monoisotopic (exact) mass is 889 g/mol. The van der Waals surface area contributed by atoms with Crippen LogP contribution in [0.1, 0.15) is 116 Å². The van der Waals surface area contributed by atoms with Gasteiger partial charge in [-0.2, -0.15) is 0 Å². The zero-order chi connectivity index (χ0) is 47.7. The van der Waals surface area contributed by atoms with E-state index in [0.717, 1.165) is 47.0 Å². The molecule has 0 N–H and O–H groups in total. The molecule has 0 bridgehead atoms. The van der Waals surface area contributed by atoms with Gasteiger partial charge in [-0.05, 0) is 174 Å². The molecule has 0 aromatic heterocycles. The van der Waals surface area contributed by atoms with E-state index in [1.54, 1.807) is 0 Å². The molecule has 9 aromatic rings. The topological polar surface area (TPSA) is 6.48 Å². The Morgan fingerprint density at radius 3 is 1.03 bits per heavy atom. The van der Waals surface area contributed by atoms with Crippen molar-refractivity contribution < 1.29 is 0 Å². The summed E-state index contributed by atoms with van der Waals surface area (Å²) >= 11 is 0. The minimum Gasteiger partial charge on any atom is -0.310 e. The van der Waals surface area contributed by atoms with Crippen molar-refractivity contribution in [1.82, 2.24) is 0 Å². The van der Waals surface area contributed by atoms with Crippen LogP contribution < -0.4 is 9.80 Å². The molecular weight excluding hydrogens is 821 g/mol. The van der Waals surface area contributed by atoms with Crippen LogP contribution in [0.4, 0.5) is 34.1 Å². The van der Waals surface area contributed by atoms with E-state index in [2.05, 4.69) is 273 Å². The quantitative estimate of drug-likeness (QED) is 0.113. The molecule has 0 aliphatic carbocycles. The molecule has 0 amide bonds. The van der Waals surface area contributed by atoms with Crippen molar-refractivity contribution >= 4 is 55.7 Å². The lowest BCUT2D eigenvalue weighted by molar-refractivity contribution is 0.590. The molecule has 2 nitrogen and oxygen atoms in total. The number of hydrogen-bond donors (Lipinski definition) is 0. The van der Waals surface area contributed by atoms with Gasteiger partial charge in [0.25, 0.3) is 0 Å². The van der Waals surface area contributed by atoms with Crippen LogP contribution in [-0.4, -0.2) is 0 Å². The van der Waals surface area contributed by atoms with Gasteiger partial charge in [0.05, 0.1) is 0 Å². The van der Waals surface area contributed by atoms with Gasteiger partial charge in [-0.3, -0.25) is 0 Å². The predicted octanol–water partition coefficient (Wildman–Crippen LogP) is 19.9. The van der Waals surface area contributed by atoms with Gasteiger partial charge < -0.3 is 9.80 Å². The maximum Gasteiger partial charge on any atom is 0.0468 e. The maximum atomic E-state index is 2.47. The Morgan fingerprint density at radius 1 is 0.338 bits per heavy atom. The summed E-state index contributed by atoms with van der Waals surface area (Å²) in [7, 11) is 0. The average molecular weight is 889 g/mol. The molecule has 0 saturated heterocycles. The van der Waals surface area contributed by atoms with E-state index in [4.69, 9.17) is 0 Å². The Morgan fingerprint density at radius 2 is 0.676 bits per heavy atom. The van der Waals surface area contributed by atoms with Crippen LogP contribution in [0.2, 0.25) is 0 Å². The summed E-state index contributed by atoms with van der Waals surface area (Å²) < 4.78 is 0. The molecule has 0 fully saturated rings. The van der Waals surface area contributed by atoms with E-state index in [1.807, 2.05) is 0 Å². The molecule has 2 atom stereocenters. The molecule has 2 heteroatoms. The molecule has 2 unspecified atom stereocenters. The Kier molecular flexibility index (Phi) is 12.9. The number of nitrogens with zero attached hydrogens (tertiary/aromatic N) is 2. The molecule has 342 valence electrons. The number of hydrogen-bond acceptors (Lipinski definition) is 2. The zero-order valence-electron chi connectivity index (χ0n) is 41.9. The molecule has 0 aliphatic heterocycles. The van der Waals surface area contributed by atoms with Crippen molar-refractivity contribution in [2.45, 2.75) is 105 Å². The minimum atomic E-state index is -0.00578. The highest BCUT2D eigenvalue weighted by Gasteiger charge is 2.25. The fourth-order valence-corrected chi connectivity index (χ4v) is 9.84. The molecule has 9 aromatic carbocycles. The molecular formula is C66H68N2. The summed E-state index contributed by atoms with van der Waals surface area (Å²) in [6, 6.07) is 73.2. The van der Waals surface area contributed by atoms with Crippen LogP contribution in [0, 0.1) is 0 Å². The van der Waals surface area contributed by atoms with Gasteiger partial charge >= 0.3 is 0 Å². The van der Waals surface area contributed by atoms with Gasteiger partial charge in [-0.25, -0.2) is 0 Å². The Bertz CT molecular complexity index is 2980. The van der Waals surface area contributed by atoms with Gasteiger partial charge in [0.2, 0.25) is 0 Å². The van der Waals surface area contributed by atoms with Crippen LogP contribution in [0.25, 0.3) is 43.8 Å². The highest BCUT2D eigenvalue weighted by molar-refractivity contribution is 6.22. The lowest BCUT2D eigenvalue weighted by Crippen LogP contribution is -2.15. The second-order valence-corrected chi connectivity index (χ2v) is 21.0. The molecule has 0 aliphatic rings. The summed E-state index contributed by atoms with van der Waals surface area (Å²) in [6.07, 6.45) is 2.17. The van der Waals surface area contributed by atoms with E-state index in [-0.39, 0.29) is 10.8 Å². The summed E-state index contributed by atoms with van der Waals surface area (Å²) in [6.45, 7) is 23.0. The number of rotatable bonds is 12. The summed E-state index contributed by atoms with van der Waals surface area (Å²) in [5, 5.41) is 4.89. The standard InChI is InChI=1S/C66H68N2/c1-11-45(3)49-27-19-31-53(39-49)67(55-33-21-29-51(41-55)65(5,6)7)57-35-37-59-61(43-57)63(47-23-15-13-16-24-47)60-38-36-58(44-62(60)64(59)48-25-17-14-18-26-48)68(54-32-20-28-50(40-54)46(4)12-2)56-34-22-30-52(42-56)66(8,9)10/h13-46H,11-12H2,1-10H3. The highest BCUT2D eigenvalue weighted by Crippen LogP contribution is 2.49. The third-order valence-electron chi connectivity index (χ3n) is 14.3. The van der Waals surface area contributed by atoms with Crippen molar-refractivity contribution in [3.63, 3.8) is 0 Å². The number of benzene rings is 9. The SMILES string of the molecule is CCC(C)c1cccc(N(c2cccc(C(C)(C)C)c2)c2ccc3c(-c4ccccc4)c4cc(N(c5cccc(C(C)CC)c5)c5cccc(C(C)(C)C)c5)ccc4c(-c4ccccc4)c3c2)c1. The lowest BCUT2D eigenvalue weighted by atomic mass is 9.85. The van der Waals surface area contributed by atoms with Crippen molar-refractivity contribution in [3.8, 4) is 22.3 Å². The van der Waals surface area contributed by atoms with Crippen molar-refractivity contribution in [3.05, 3.63) is 216 Å². The van der Waals surface area contributed by atoms with Crippen LogP contribution in [0.5, 0.6) is 0 Å². The second kappa shape index (κ2) is 19.0. The predicted molar refractivity (Wildman–Crippen MR) is 297 cm³/mol. The van der Waals surface area contributed by atoms with Gasteiger partial charge in [-0.15, -0.1) is 0 Å². The molecule has 0 radical (unpaired) electrons. The van der Waals surface area contributed by atoms with Crippen molar-refractivity contribution in [2.75, 3.05) is 9.80 Å². The molecule has 0 heterocycles. The first-order valence-electron chi connectivity index (χ1n) is 24.9. The van der Waals surface area contributed by atoms with Gasteiger partial charge in [0, 0.05) is 34.1 Å². The van der Waals surface area contributed by atoms with Gasteiger partial charge in [0.15, 0.2) is 0 Å². The molecule has 0 saturated carbocycles. The third-order valence-corrected chi connectivity index (χ3v) is 14.3. The smallest absolute Gasteiger partial charge is 0.0468 e. The first-order valence-corrected chi connectivity index (χ1v) is 24.9. The van der Waals surface area contributed by atoms with Crippen LogP contribution in [-0.2, 0) is 10.8 Å². The van der Waals surface area contributed by atoms with Gasteiger partial charge in [0.1, 0.15) is 0 Å². The van der Waals surface area contributed by atoms with E-state index in [1.165, 1.54) is 66.1 Å². The number of anilines is 6. The molecule has 68 heavy (non-hydrogen) atoms. The Hall–Kier alpha value is -6.90. The minimum absolute atomic E-state index is 0.00578. The van der Waals surface area contributed by atoms with Crippen LogP contribution in [0.3, 0.4) is 0 Å². The summed E-state index contributed by atoms with van der Waals surface area (Å²) in [4.78, 5) is 4.95. The number of fused-ring (bicyclic) bond motifs is 2. The normalized spacial score (nSPS) is 12.9. The first-order chi connectivity index (χ1) is 32.7. The van der Waals surface area contributed by atoms with Crippen molar-refractivity contribution in [2.24, 2.45) is 0 Å². The lowest BCUT2D eigenvalue weighted by Gasteiger charge is -2.30. The largest absolute Gasteiger partial charge is 0.310 e. The first kappa shape index (κ1) is 46.2. The van der Waals surface area contributed by atoms with Crippen molar-refractivity contribution in [1.29, 1.82) is 0 Å². The Balaban J connectivity index is 1.36. The third kappa shape index (κ3) is 9.22. The zero-order valence-corrected chi connectivity index (χ0v) is 41.9. The highest BCUT2D eigenvalue weighted by atomic mass is 15.1. The van der Waals surface area contributed by atoms with Crippen LogP contribution >= 0.6 is 0 Å². The van der Waals surface area contributed by atoms with E-state index < -0.39 is 0 Å². The summed E-state index contributed by atoms with van der Waals surface area (Å²) in [5.41, 5.74) is 17.1. The molecule has 9 rings (SSSR count). The molecule has 0 spiro atoms. The van der Waals surface area contributed by atoms with Gasteiger partial charge in [-0.1, -0.05) is 191 Å². The Labute approximate surface area is 406 Å². The van der Waals surface area contributed by atoms with E-state index in [9.17, 15) is 0 Å². The van der Waals surface area contributed by atoms with E-state index in [0.29, 0.717) is 11.8 Å². The summed E-state index contributed by atoms with van der Waals surface area (Å²) in [5.74, 6) is 0.900. The van der Waals surface area contributed by atoms with E-state index >= 15 is 0 Å². The van der Waals surface area contributed by atoms with Crippen LogP contribution in [0.15, 0.2) is 194 Å². The fourth-order valence-electron chi connectivity index (χ4n) is 9.84. The second-order valence-electron chi connectivity index (χ2n) is 21.0. The fraction of sp³-hybridized carbons (Fsp3) is 0.242. The maximum absolute atomic E-state index is 2.47.